The molecule has 2 aliphatic heterocycles. The Balaban J connectivity index is 2.43. The van der Waals surface area contributed by atoms with E-state index in [4.69, 9.17) is 14.2 Å². The number of fused-ring (bicyclic) bond motifs is 5. The molecule has 0 aromatic heterocycles. The van der Waals surface area contributed by atoms with E-state index in [2.05, 4.69) is 0 Å². The second-order valence-corrected chi connectivity index (χ2v) is 5.26. The SMILES string of the molecule is COc1ccc(OC)c2c1[C@H]1O[C@@H]2C(C#N)(C#N)C1(C#N)C#N. The number of hydrogen-bond donors (Lipinski definition) is 0. The van der Waals surface area contributed by atoms with E-state index in [0.717, 1.165) is 0 Å². The summed E-state index contributed by atoms with van der Waals surface area (Å²) in [5.74, 6) is 0.848. The van der Waals surface area contributed by atoms with Crippen LogP contribution in [0.2, 0.25) is 0 Å². The van der Waals surface area contributed by atoms with Crippen molar-refractivity contribution in [2.45, 2.75) is 12.2 Å². The van der Waals surface area contributed by atoms with Gasteiger partial charge in [0.1, 0.15) is 23.7 Å². The van der Waals surface area contributed by atoms with Gasteiger partial charge in [0, 0.05) is 11.1 Å². The van der Waals surface area contributed by atoms with E-state index in [9.17, 15) is 21.0 Å². The number of nitriles is 4. The van der Waals surface area contributed by atoms with Gasteiger partial charge in [-0.1, -0.05) is 0 Å². The summed E-state index contributed by atoms with van der Waals surface area (Å²) in [6.07, 6.45) is -2.11. The molecule has 1 aromatic rings. The van der Waals surface area contributed by atoms with Gasteiger partial charge >= 0.3 is 0 Å². The molecule has 1 fully saturated rings. The predicted molar refractivity (Wildman–Crippen MR) is 73.4 cm³/mol. The quantitative estimate of drug-likeness (QED) is 0.817. The minimum atomic E-state index is -1.94. The van der Waals surface area contributed by atoms with Crippen LogP contribution in [0.5, 0.6) is 11.5 Å². The summed E-state index contributed by atoms with van der Waals surface area (Å²) in [5, 5.41) is 38.5. The third kappa shape index (κ3) is 1.33. The third-order valence-corrected chi connectivity index (χ3v) is 4.56. The van der Waals surface area contributed by atoms with Crippen molar-refractivity contribution < 1.29 is 14.2 Å². The lowest BCUT2D eigenvalue weighted by molar-refractivity contribution is 0.0495. The normalized spacial score (nSPS) is 24.4. The summed E-state index contributed by atoms with van der Waals surface area (Å²) in [6.45, 7) is 0. The number of hydrogen-bond acceptors (Lipinski definition) is 7. The van der Waals surface area contributed by atoms with Crippen LogP contribution < -0.4 is 9.47 Å². The van der Waals surface area contributed by atoms with Gasteiger partial charge in [-0.25, -0.2) is 0 Å². The fourth-order valence-electron chi connectivity index (χ4n) is 3.45. The minimum absolute atomic E-state index is 0.424. The Kier molecular flexibility index (Phi) is 2.94. The zero-order chi connectivity index (χ0) is 16.8. The molecule has 2 bridgehead atoms. The maximum Gasteiger partial charge on any atom is 0.208 e. The lowest BCUT2D eigenvalue weighted by atomic mass is 9.57. The van der Waals surface area contributed by atoms with E-state index in [1.54, 1.807) is 12.1 Å². The summed E-state index contributed by atoms with van der Waals surface area (Å²) in [4.78, 5) is 0. The number of nitrogens with zero attached hydrogens (tertiary/aromatic N) is 4. The van der Waals surface area contributed by atoms with E-state index in [-0.39, 0.29) is 0 Å². The minimum Gasteiger partial charge on any atom is -0.496 e. The molecule has 112 valence electrons. The second kappa shape index (κ2) is 4.62. The molecule has 0 N–H and O–H groups in total. The van der Waals surface area contributed by atoms with E-state index in [1.165, 1.54) is 14.2 Å². The maximum atomic E-state index is 9.63. The highest BCUT2D eigenvalue weighted by Gasteiger charge is 2.75. The van der Waals surface area contributed by atoms with Crippen LogP contribution in [0.1, 0.15) is 23.3 Å². The Morgan fingerprint density at radius 2 is 1.17 bits per heavy atom. The molecule has 1 saturated heterocycles. The van der Waals surface area contributed by atoms with Crippen LogP contribution in [-0.4, -0.2) is 14.2 Å². The van der Waals surface area contributed by atoms with Crippen molar-refractivity contribution in [1.29, 1.82) is 21.0 Å². The van der Waals surface area contributed by atoms with Gasteiger partial charge in [-0.05, 0) is 12.1 Å². The Hall–Kier alpha value is -3.26. The van der Waals surface area contributed by atoms with Gasteiger partial charge in [0.25, 0.3) is 0 Å². The monoisotopic (exact) mass is 306 g/mol. The number of methoxy groups -OCH3 is 2. The van der Waals surface area contributed by atoms with Crippen molar-refractivity contribution in [2.75, 3.05) is 14.2 Å². The molecule has 0 saturated carbocycles. The Morgan fingerprint density at radius 3 is 1.43 bits per heavy atom. The molecule has 0 radical (unpaired) electrons. The number of rotatable bonds is 2. The van der Waals surface area contributed by atoms with Gasteiger partial charge < -0.3 is 14.2 Å². The average molecular weight is 306 g/mol. The molecule has 2 atom stereocenters. The predicted octanol–water partition coefficient (Wildman–Crippen LogP) is 1.90. The highest BCUT2D eigenvalue weighted by atomic mass is 16.5. The second-order valence-electron chi connectivity index (χ2n) is 5.26. The molecular formula is C16H10N4O3. The van der Waals surface area contributed by atoms with Gasteiger partial charge in [-0.2, -0.15) is 21.0 Å². The Morgan fingerprint density at radius 1 is 0.826 bits per heavy atom. The first-order chi connectivity index (χ1) is 11.1. The first-order valence-electron chi connectivity index (χ1n) is 6.66. The van der Waals surface area contributed by atoms with Gasteiger partial charge in [0.15, 0.2) is 0 Å². The standard InChI is InChI=1S/C16H10N4O3/c1-21-9-3-4-10(22-2)12-11(9)13-15(5-17,6-18)16(7-19,8-20)14(12)23-13/h3-4,13-14H,1-2H3/t13-,14+. The molecule has 7 nitrogen and oxygen atoms in total. The van der Waals surface area contributed by atoms with Gasteiger partial charge in [0.2, 0.25) is 10.8 Å². The number of benzene rings is 1. The van der Waals surface area contributed by atoms with Crippen LogP contribution in [0.3, 0.4) is 0 Å². The lowest BCUT2D eigenvalue weighted by Crippen LogP contribution is -2.42. The van der Waals surface area contributed by atoms with Crippen LogP contribution >= 0.6 is 0 Å². The van der Waals surface area contributed by atoms with Gasteiger partial charge in [-0.3, -0.25) is 0 Å². The van der Waals surface area contributed by atoms with Crippen LogP contribution in [0, 0.1) is 56.2 Å². The van der Waals surface area contributed by atoms with E-state index in [1.807, 2.05) is 24.3 Å². The fraction of sp³-hybridized carbons (Fsp3) is 0.375. The van der Waals surface area contributed by atoms with E-state index >= 15 is 0 Å². The van der Waals surface area contributed by atoms with Crippen molar-refractivity contribution >= 4 is 0 Å². The highest BCUT2D eigenvalue weighted by molar-refractivity contribution is 5.62. The molecule has 0 aliphatic carbocycles. The largest absolute Gasteiger partial charge is 0.496 e. The van der Waals surface area contributed by atoms with Crippen molar-refractivity contribution in [3.63, 3.8) is 0 Å². The molecule has 1 aromatic carbocycles. The Bertz CT molecular complexity index is 767. The molecule has 2 aliphatic rings. The van der Waals surface area contributed by atoms with Gasteiger partial charge in [-0.15, -0.1) is 0 Å². The molecule has 0 unspecified atom stereocenters. The lowest BCUT2D eigenvalue weighted by Gasteiger charge is -2.34. The van der Waals surface area contributed by atoms with Crippen LogP contribution in [0.4, 0.5) is 0 Å². The average Bonchev–Trinajstić information content (AvgIpc) is 3.13. The Labute approximate surface area is 132 Å². The van der Waals surface area contributed by atoms with Crippen LogP contribution in [-0.2, 0) is 4.74 Å². The van der Waals surface area contributed by atoms with Gasteiger partial charge in [0.05, 0.1) is 38.5 Å². The van der Waals surface area contributed by atoms with Crippen LogP contribution in [0.25, 0.3) is 0 Å². The molecular weight excluding hydrogens is 296 g/mol. The maximum absolute atomic E-state index is 9.63. The zero-order valence-electron chi connectivity index (χ0n) is 12.3. The first-order valence-corrected chi connectivity index (χ1v) is 6.66. The van der Waals surface area contributed by atoms with Crippen molar-refractivity contribution in [3.05, 3.63) is 23.3 Å². The smallest absolute Gasteiger partial charge is 0.208 e. The topological polar surface area (TPSA) is 123 Å². The van der Waals surface area contributed by atoms with Crippen molar-refractivity contribution in [2.24, 2.45) is 10.8 Å². The van der Waals surface area contributed by atoms with Crippen LogP contribution in [0.15, 0.2) is 12.1 Å². The molecule has 0 amide bonds. The van der Waals surface area contributed by atoms with Crippen molar-refractivity contribution in [1.82, 2.24) is 0 Å². The zero-order valence-corrected chi connectivity index (χ0v) is 12.3. The first kappa shape index (κ1) is 14.7. The summed E-state index contributed by atoms with van der Waals surface area (Å²) >= 11 is 0. The molecule has 0 spiro atoms. The third-order valence-electron chi connectivity index (χ3n) is 4.56. The molecule has 7 heteroatoms. The molecule has 2 heterocycles. The molecule has 23 heavy (non-hydrogen) atoms. The number of ether oxygens (including phenoxy) is 3. The summed E-state index contributed by atoms with van der Waals surface area (Å²) < 4.78 is 16.4. The summed E-state index contributed by atoms with van der Waals surface area (Å²) in [7, 11) is 2.91. The fourth-order valence-corrected chi connectivity index (χ4v) is 3.45. The summed E-state index contributed by atoms with van der Waals surface area (Å²) in [5.41, 5.74) is -2.90. The molecule has 3 rings (SSSR count). The highest BCUT2D eigenvalue weighted by Crippen LogP contribution is 2.71. The summed E-state index contributed by atoms with van der Waals surface area (Å²) in [6, 6.07) is 10.7. The van der Waals surface area contributed by atoms with Crippen molar-refractivity contribution in [3.8, 4) is 35.8 Å². The van der Waals surface area contributed by atoms with E-state index < -0.39 is 23.0 Å². The van der Waals surface area contributed by atoms with E-state index in [0.29, 0.717) is 22.6 Å².